The van der Waals surface area contributed by atoms with Crippen molar-refractivity contribution in [3.05, 3.63) is 0 Å². The first-order valence-corrected chi connectivity index (χ1v) is 45.7. The Kier molecular flexibility index (Phi) is 61.2. The number of rotatable bonds is 69. The highest BCUT2D eigenvalue weighted by Crippen LogP contribution is 2.18. The van der Waals surface area contributed by atoms with E-state index in [4.69, 9.17) is 45.2 Å². The molecule has 0 radical (unpaired) electrons. The third kappa shape index (κ3) is 49.7. The van der Waals surface area contributed by atoms with Gasteiger partial charge in [-0.2, -0.15) is 25.3 Å². The van der Waals surface area contributed by atoms with Crippen LogP contribution >= 0.6 is 25.3 Å². The summed E-state index contributed by atoms with van der Waals surface area (Å²) in [5.74, 6) is -14.3. The molecular weight excluding hydrogens is 1640 g/mol. The van der Waals surface area contributed by atoms with Crippen LogP contribution in [0.2, 0.25) is 0 Å². The summed E-state index contributed by atoms with van der Waals surface area (Å²) in [7, 11) is 0. The molecule has 41 heteroatoms. The van der Waals surface area contributed by atoms with Crippen LogP contribution < -0.4 is 120 Å². The van der Waals surface area contributed by atoms with E-state index in [1.165, 1.54) is 6.92 Å². The van der Waals surface area contributed by atoms with E-state index in [0.29, 0.717) is 90.1 Å². The van der Waals surface area contributed by atoms with Gasteiger partial charge >= 0.3 is 5.97 Å². The summed E-state index contributed by atoms with van der Waals surface area (Å²) in [6.45, 7) is 23.9. The van der Waals surface area contributed by atoms with Crippen molar-refractivity contribution in [3.8, 4) is 0 Å². The molecule has 0 saturated heterocycles. The summed E-state index contributed by atoms with van der Waals surface area (Å²) >= 11 is 8.49. The zero-order chi connectivity index (χ0) is 94.3. The lowest BCUT2D eigenvalue weighted by atomic mass is 9.98. The third-order valence-corrected chi connectivity index (χ3v) is 20.8. The highest BCUT2D eigenvalue weighted by atomic mass is 32.1. The topological polar surface area (TPSA) is 656 Å². The van der Waals surface area contributed by atoms with Gasteiger partial charge in [0.05, 0.1) is 6.04 Å². The van der Waals surface area contributed by atoms with Gasteiger partial charge in [-0.3, -0.25) is 76.7 Å². The average Bonchev–Trinajstić information content (AvgIpc) is 0.848. The number of carboxylic acid groups (broad SMARTS) is 1. The lowest BCUT2D eigenvalue weighted by Gasteiger charge is -2.30. The molecule has 0 fully saturated rings. The zero-order valence-electron chi connectivity index (χ0n) is 75.9. The fraction of sp³-hybridized carbons (Fsp3) is 0.807. The largest absolute Gasteiger partial charge is 0.480 e. The van der Waals surface area contributed by atoms with E-state index in [-0.39, 0.29) is 150 Å². The first-order valence-electron chi connectivity index (χ1n) is 44.4. The van der Waals surface area contributed by atoms with Crippen molar-refractivity contribution in [1.29, 1.82) is 0 Å². The molecule has 39 nitrogen and oxygen atoms in total. The average molecular weight is 1800 g/mol. The quantitative estimate of drug-likeness (QED) is 0.0237. The van der Waals surface area contributed by atoms with Gasteiger partial charge in [0.25, 0.3) is 0 Å². The maximum Gasteiger partial charge on any atom is 0.322 e. The van der Waals surface area contributed by atoms with Gasteiger partial charge in [0.1, 0.15) is 91.1 Å². The molecule has 0 aromatic heterocycles. The number of carbonyl (C=O) groups excluding carboxylic acids is 15. The third-order valence-electron chi connectivity index (χ3n) is 20.0. The van der Waals surface area contributed by atoms with Gasteiger partial charge in [-0.1, -0.05) is 83.1 Å². The predicted molar refractivity (Wildman–Crippen MR) is 483 cm³/mol. The second-order valence-electron chi connectivity index (χ2n) is 34.6. The molecule has 30 N–H and O–H groups in total. The highest BCUT2D eigenvalue weighted by Gasteiger charge is 2.39. The Morgan fingerprint density at radius 2 is 0.403 bits per heavy atom. The number of nitrogens with one attached hydrogen (secondary N) is 15. The van der Waals surface area contributed by atoms with Crippen LogP contribution in [-0.4, -0.2) is 248 Å². The van der Waals surface area contributed by atoms with Gasteiger partial charge in [-0.05, 0) is 236 Å². The molecule has 714 valence electrons. The fourth-order valence-corrected chi connectivity index (χ4v) is 13.7. The normalized spacial score (nSPS) is 15.1. The Hall–Kier alpha value is -8.06. The first kappa shape index (κ1) is 116. The zero-order valence-corrected chi connectivity index (χ0v) is 77.7. The molecule has 0 aromatic rings. The second-order valence-corrected chi connectivity index (χ2v) is 35.3. The van der Waals surface area contributed by atoms with Gasteiger partial charge in [0.15, 0.2) is 0 Å². The van der Waals surface area contributed by atoms with Gasteiger partial charge in [0, 0.05) is 11.5 Å². The molecule has 124 heavy (non-hydrogen) atoms. The number of carbonyl (C=O) groups is 16. The Balaban J connectivity index is 7.31. The van der Waals surface area contributed by atoms with Crippen LogP contribution in [0.4, 0.5) is 0 Å². The van der Waals surface area contributed by atoms with Crippen molar-refractivity contribution in [2.75, 3.05) is 57.3 Å². The Labute approximate surface area is 745 Å². The highest BCUT2D eigenvalue weighted by molar-refractivity contribution is 7.80. The molecule has 0 unspecified atom stereocenters. The SMILES string of the molecule is CC(C)C[C@H](NC(=O)[C@H](CCCCN)NC(=O)[C@H](CS)NC(=O)[C@H](CC(C)C)NC(=O)[C@H](CCCCN)NC(=O)[C@H](CCCCN)NC(=O)[C@H](CC(C)C)NC(=O)[C@H](CC(C)C)NC(=O)[C@H](CCCCN)NC(=O)[C@H](CC(C)C)NC(=O)[C@H](CC(C)C)NC(=O)[C@H](CCCCN)NC(=O)[C@H](CCCCN)NC(=O)[C@@H](N)CS)C(=O)N[C@@H](C)C(=O)NCC(=O)O. The van der Waals surface area contributed by atoms with Gasteiger partial charge in [-0.25, -0.2) is 0 Å². The van der Waals surface area contributed by atoms with E-state index in [1.54, 1.807) is 27.7 Å². The summed E-state index contributed by atoms with van der Waals surface area (Å²) in [6.07, 6.45) is 5.65. The number of nitrogens with two attached hydrogens (primary N) is 7. The molecule has 0 spiro atoms. The lowest BCUT2D eigenvalue weighted by molar-refractivity contribution is -0.138. The van der Waals surface area contributed by atoms with Gasteiger partial charge in [-0.15, -0.1) is 0 Å². The Morgan fingerprint density at radius 1 is 0.234 bits per heavy atom. The van der Waals surface area contributed by atoms with Crippen LogP contribution in [0.3, 0.4) is 0 Å². The molecule has 0 aromatic carbocycles. The Morgan fingerprint density at radius 3 is 0.581 bits per heavy atom. The van der Waals surface area contributed by atoms with E-state index in [0.717, 1.165) is 0 Å². The van der Waals surface area contributed by atoms with E-state index in [2.05, 4.69) is 105 Å². The smallest absolute Gasteiger partial charge is 0.322 e. The van der Waals surface area contributed by atoms with E-state index < -0.39 is 192 Å². The summed E-state index contributed by atoms with van der Waals surface area (Å²) in [5.41, 5.74) is 41.0. The fourth-order valence-electron chi connectivity index (χ4n) is 13.3. The molecule has 15 atom stereocenters. The minimum atomic E-state index is -1.41. The molecule has 0 heterocycles. The molecule has 15 amide bonds. The standard InChI is InChI=1S/C83H158N22O17S2/c1-47(2)38-61(77(116)92-53(13)69(108)91-44-68(106)107)99-76(115)60(31-19-25-37-89)98-83(122)67(46-124)105-82(121)66(43-52(11)12)102-74(113)58(29-17-23-35-87)95-72(111)56(27-15-21-33-85)96-78(117)62(39-48(3)4)103-81(120)65(42-51(9)10)101-75(114)59(30-18-24-36-88)97-79(118)63(40-49(5)6)104-80(119)64(41-50(7)8)100-73(112)57(28-16-22-34-86)94-71(110)55(26-14-20-32-84)93-70(109)54(90)45-123/h47-67,123-124H,14-46,84-90H2,1-13H3,(H,91,108)(H,92,116)(H,93,109)(H,94,110)(H,95,111)(H,96,117)(H,97,118)(H,98,122)(H,99,115)(H,100,112)(H,101,114)(H,102,113)(H,103,120)(H,104,119)(H,105,121)(H,106,107)/t53-,54-,55-,56-,57-,58-,59-,60-,61-,62-,63-,64-,65-,66-,67-/m0/s1. The number of unbranched alkanes of at least 4 members (excludes halogenated alkanes) is 6. The molecule has 0 rings (SSSR count). The van der Waals surface area contributed by atoms with Crippen LogP contribution in [0.5, 0.6) is 0 Å². The second kappa shape index (κ2) is 65.5. The lowest BCUT2D eigenvalue weighted by Crippen LogP contribution is -2.61. The van der Waals surface area contributed by atoms with Crippen LogP contribution in [0.15, 0.2) is 0 Å². The molecular formula is C83H158N22O17S2. The van der Waals surface area contributed by atoms with Crippen LogP contribution in [0, 0.1) is 35.5 Å². The van der Waals surface area contributed by atoms with Crippen LogP contribution in [0.1, 0.15) is 244 Å². The number of thiol groups is 2. The van der Waals surface area contributed by atoms with Gasteiger partial charge in [0.2, 0.25) is 88.6 Å². The molecule has 0 saturated carbocycles. The maximum atomic E-state index is 14.8. The van der Waals surface area contributed by atoms with Crippen molar-refractivity contribution in [2.45, 2.75) is 335 Å². The molecule has 0 aliphatic rings. The molecule has 0 bridgehead atoms. The van der Waals surface area contributed by atoms with Crippen molar-refractivity contribution in [2.24, 2.45) is 75.6 Å². The monoisotopic (exact) mass is 1800 g/mol. The van der Waals surface area contributed by atoms with Crippen LogP contribution in [-0.2, 0) is 76.7 Å². The van der Waals surface area contributed by atoms with Crippen molar-refractivity contribution in [3.63, 3.8) is 0 Å². The number of aliphatic carboxylic acids is 1. The number of amides is 15. The summed E-state index contributed by atoms with van der Waals surface area (Å²) in [4.78, 5) is 225. The minimum Gasteiger partial charge on any atom is -0.480 e. The number of hydrogen-bond acceptors (Lipinski definition) is 25. The van der Waals surface area contributed by atoms with E-state index in [9.17, 15) is 76.7 Å². The van der Waals surface area contributed by atoms with Crippen molar-refractivity contribution < 1.29 is 81.8 Å². The van der Waals surface area contributed by atoms with E-state index in [1.807, 2.05) is 55.4 Å². The van der Waals surface area contributed by atoms with Crippen molar-refractivity contribution >= 4 is 120 Å². The first-order chi connectivity index (χ1) is 58.5. The van der Waals surface area contributed by atoms with Crippen molar-refractivity contribution in [1.82, 2.24) is 79.8 Å². The molecule has 0 aliphatic heterocycles. The predicted octanol–water partition coefficient (Wildman–Crippen LogP) is -1.77. The molecule has 0 aliphatic carbocycles. The van der Waals surface area contributed by atoms with Gasteiger partial charge < -0.3 is 125 Å². The minimum absolute atomic E-state index is 0.00465. The van der Waals surface area contributed by atoms with E-state index >= 15 is 0 Å². The summed E-state index contributed by atoms with van der Waals surface area (Å²) < 4.78 is 0. The number of hydrogen-bond donors (Lipinski definition) is 25. The maximum absolute atomic E-state index is 14.8. The summed E-state index contributed by atoms with van der Waals surface area (Å²) in [5, 5.41) is 49.6. The number of carboxylic acids is 1. The Bertz CT molecular complexity index is 3270. The summed E-state index contributed by atoms with van der Waals surface area (Å²) in [6, 6.07) is -18.9. The van der Waals surface area contributed by atoms with Crippen LogP contribution in [0.25, 0.3) is 0 Å².